The van der Waals surface area contributed by atoms with E-state index >= 15 is 0 Å². The van der Waals surface area contributed by atoms with Gasteiger partial charge in [0.15, 0.2) is 0 Å². The first-order valence-corrected chi connectivity index (χ1v) is 4.79. The molecule has 0 bridgehead atoms. The van der Waals surface area contributed by atoms with E-state index in [1.54, 1.807) is 5.57 Å². The van der Waals surface area contributed by atoms with Crippen molar-refractivity contribution < 1.29 is 0 Å². The van der Waals surface area contributed by atoms with Gasteiger partial charge in [-0.3, -0.25) is 0 Å². The maximum absolute atomic E-state index is 4.08. The maximum Gasteiger partial charge on any atom is -0.00210 e. The molecule has 1 unspecified atom stereocenters. The summed E-state index contributed by atoms with van der Waals surface area (Å²) >= 11 is 0. The lowest BCUT2D eigenvalue weighted by molar-refractivity contribution is 0.712. The Labute approximate surface area is 75.7 Å². The average Bonchev–Trinajstić information content (AvgIpc) is 2.17. The Morgan fingerprint density at radius 2 is 2.42 bits per heavy atom. The van der Waals surface area contributed by atoms with Crippen molar-refractivity contribution in [2.75, 3.05) is 0 Å². The summed E-state index contributed by atoms with van der Waals surface area (Å²) in [5.74, 6) is 0.583. The summed E-state index contributed by atoms with van der Waals surface area (Å²) in [5.41, 5.74) is 2.90. The van der Waals surface area contributed by atoms with Gasteiger partial charge in [0.1, 0.15) is 0 Å². The Bertz CT molecular complexity index is 218. The zero-order chi connectivity index (χ0) is 8.97. The van der Waals surface area contributed by atoms with Crippen LogP contribution in [0.15, 0.2) is 36.0 Å². The minimum absolute atomic E-state index is 0.583. The molecule has 1 aliphatic rings. The zero-order valence-electron chi connectivity index (χ0n) is 8.14. The van der Waals surface area contributed by atoms with E-state index < -0.39 is 0 Å². The summed E-state index contributed by atoms with van der Waals surface area (Å²) in [7, 11) is 0. The van der Waals surface area contributed by atoms with Crippen LogP contribution < -0.4 is 0 Å². The molecule has 0 heteroatoms. The van der Waals surface area contributed by atoms with Crippen molar-refractivity contribution in [1.29, 1.82) is 0 Å². The van der Waals surface area contributed by atoms with Gasteiger partial charge in [-0.2, -0.15) is 0 Å². The zero-order valence-corrected chi connectivity index (χ0v) is 8.14. The lowest BCUT2D eigenvalue weighted by Crippen LogP contribution is -2.03. The smallest absolute Gasteiger partial charge is 0.00210 e. The Morgan fingerprint density at radius 1 is 1.67 bits per heavy atom. The van der Waals surface area contributed by atoms with Gasteiger partial charge in [0.05, 0.1) is 0 Å². The molecular formula is C12H18. The van der Waals surface area contributed by atoms with Crippen LogP contribution in [0.25, 0.3) is 0 Å². The van der Waals surface area contributed by atoms with Gasteiger partial charge in [0.2, 0.25) is 0 Å². The van der Waals surface area contributed by atoms with Crippen LogP contribution in [0.5, 0.6) is 0 Å². The van der Waals surface area contributed by atoms with Crippen molar-refractivity contribution in [2.24, 2.45) is 5.92 Å². The van der Waals surface area contributed by atoms with Crippen molar-refractivity contribution in [3.8, 4) is 0 Å². The molecule has 0 aromatic rings. The van der Waals surface area contributed by atoms with E-state index in [-0.39, 0.29) is 0 Å². The van der Waals surface area contributed by atoms with Crippen LogP contribution in [0.2, 0.25) is 0 Å². The fourth-order valence-electron chi connectivity index (χ4n) is 1.55. The topological polar surface area (TPSA) is 0 Å². The highest BCUT2D eigenvalue weighted by Gasteiger charge is 2.10. The van der Waals surface area contributed by atoms with Crippen molar-refractivity contribution in [2.45, 2.75) is 33.1 Å². The Balaban J connectivity index is 2.62. The minimum atomic E-state index is 0.583. The van der Waals surface area contributed by atoms with E-state index in [1.807, 2.05) is 0 Å². The van der Waals surface area contributed by atoms with Crippen LogP contribution in [0.1, 0.15) is 33.1 Å². The highest BCUT2D eigenvalue weighted by atomic mass is 14.2. The normalized spacial score (nSPS) is 18.7. The molecular weight excluding hydrogens is 144 g/mol. The molecule has 0 aliphatic heterocycles. The first-order valence-electron chi connectivity index (χ1n) is 4.79. The first-order chi connectivity index (χ1) is 5.75. The van der Waals surface area contributed by atoms with Crippen LogP contribution in [0.3, 0.4) is 0 Å². The van der Waals surface area contributed by atoms with Gasteiger partial charge in [0.25, 0.3) is 0 Å². The summed E-state index contributed by atoms with van der Waals surface area (Å²) in [6.45, 7) is 8.52. The van der Waals surface area contributed by atoms with Crippen LogP contribution in [0.4, 0.5) is 0 Å². The highest BCUT2D eigenvalue weighted by molar-refractivity contribution is 5.25. The van der Waals surface area contributed by atoms with Gasteiger partial charge in [0, 0.05) is 0 Å². The van der Waals surface area contributed by atoms with E-state index in [4.69, 9.17) is 0 Å². The molecule has 0 aromatic heterocycles. The van der Waals surface area contributed by atoms with Crippen molar-refractivity contribution in [3.05, 3.63) is 36.0 Å². The minimum Gasteiger partial charge on any atom is -0.0993 e. The number of rotatable bonds is 3. The molecule has 0 saturated carbocycles. The fraction of sp³-hybridized carbons (Fsp3) is 0.500. The molecule has 0 nitrogen and oxygen atoms in total. The third-order valence-electron chi connectivity index (χ3n) is 2.67. The highest BCUT2D eigenvalue weighted by Crippen LogP contribution is 2.26. The van der Waals surface area contributed by atoms with Crippen molar-refractivity contribution >= 4 is 0 Å². The molecule has 0 saturated heterocycles. The lowest BCUT2D eigenvalue weighted by Gasteiger charge is -2.18. The monoisotopic (exact) mass is 162 g/mol. The second-order valence-electron chi connectivity index (χ2n) is 3.44. The first kappa shape index (κ1) is 9.31. The summed E-state index contributed by atoms with van der Waals surface area (Å²) in [5, 5.41) is 0. The van der Waals surface area contributed by atoms with Crippen LogP contribution in [-0.4, -0.2) is 0 Å². The quantitative estimate of drug-likeness (QED) is 0.553. The molecule has 66 valence electrons. The molecule has 0 N–H and O–H groups in total. The Kier molecular flexibility index (Phi) is 3.33. The van der Waals surface area contributed by atoms with Crippen LogP contribution >= 0.6 is 0 Å². The Morgan fingerprint density at radius 3 is 2.92 bits per heavy atom. The summed E-state index contributed by atoms with van der Waals surface area (Å²) in [6.07, 6.45) is 10.2. The average molecular weight is 162 g/mol. The van der Waals surface area contributed by atoms with Gasteiger partial charge in [-0.25, -0.2) is 0 Å². The van der Waals surface area contributed by atoms with Crippen molar-refractivity contribution in [3.63, 3.8) is 0 Å². The van der Waals surface area contributed by atoms with Gasteiger partial charge >= 0.3 is 0 Å². The second-order valence-corrected chi connectivity index (χ2v) is 3.44. The number of allylic oxidation sites excluding steroid dienone is 5. The summed E-state index contributed by atoms with van der Waals surface area (Å²) in [4.78, 5) is 0. The predicted molar refractivity (Wildman–Crippen MR) is 55.1 cm³/mol. The third-order valence-corrected chi connectivity index (χ3v) is 2.67. The maximum atomic E-state index is 4.08. The van der Waals surface area contributed by atoms with E-state index in [2.05, 4.69) is 38.7 Å². The van der Waals surface area contributed by atoms with E-state index in [1.165, 1.54) is 18.4 Å². The molecule has 0 aromatic carbocycles. The molecule has 0 heterocycles. The summed E-state index contributed by atoms with van der Waals surface area (Å²) < 4.78 is 0. The van der Waals surface area contributed by atoms with Gasteiger partial charge < -0.3 is 0 Å². The molecule has 1 aliphatic carbocycles. The summed E-state index contributed by atoms with van der Waals surface area (Å²) in [6, 6.07) is 0. The number of hydrogen-bond donors (Lipinski definition) is 0. The Hall–Kier alpha value is -0.780. The largest absolute Gasteiger partial charge is 0.0993 e. The van der Waals surface area contributed by atoms with E-state index in [0.717, 1.165) is 6.42 Å². The van der Waals surface area contributed by atoms with Crippen molar-refractivity contribution in [1.82, 2.24) is 0 Å². The lowest BCUT2D eigenvalue weighted by atomic mass is 9.87. The van der Waals surface area contributed by atoms with E-state index in [0.29, 0.717) is 5.92 Å². The number of hydrogen-bond acceptors (Lipinski definition) is 0. The molecule has 0 radical (unpaired) electrons. The van der Waals surface area contributed by atoms with Gasteiger partial charge in [-0.15, -0.1) is 0 Å². The van der Waals surface area contributed by atoms with Gasteiger partial charge in [-0.05, 0) is 25.2 Å². The third kappa shape index (κ3) is 2.10. The molecule has 1 rings (SSSR count). The second kappa shape index (κ2) is 4.30. The molecule has 0 spiro atoms. The van der Waals surface area contributed by atoms with Crippen LogP contribution in [-0.2, 0) is 0 Å². The van der Waals surface area contributed by atoms with Gasteiger partial charge in [-0.1, -0.05) is 49.8 Å². The molecule has 0 amide bonds. The fourth-order valence-corrected chi connectivity index (χ4v) is 1.55. The standard InChI is InChI=1S/C12H18/c1-4-10(2)11(3)12-8-6-5-7-9-12/h5-6,8,11H,2,4,7,9H2,1,3H3. The molecule has 1 atom stereocenters. The van der Waals surface area contributed by atoms with Crippen LogP contribution in [0, 0.1) is 5.92 Å². The van der Waals surface area contributed by atoms with E-state index in [9.17, 15) is 0 Å². The molecule has 0 fully saturated rings. The predicted octanol–water partition coefficient (Wildman–Crippen LogP) is 3.87. The SMILES string of the molecule is C=C(CC)C(C)C1=CC=CCC1. The molecule has 12 heavy (non-hydrogen) atoms.